The third-order valence-corrected chi connectivity index (χ3v) is 4.52. The van der Waals surface area contributed by atoms with Gasteiger partial charge in [-0.25, -0.2) is 4.79 Å². The minimum Gasteiger partial charge on any atom is -0.488 e. The average molecular weight is 346 g/mol. The van der Waals surface area contributed by atoms with Crippen molar-refractivity contribution in [3.05, 3.63) is 24.5 Å². The predicted octanol–water partition coefficient (Wildman–Crippen LogP) is 0.735. The smallest absolute Gasteiger partial charge is 0.327 e. The molecule has 0 radical (unpaired) electrons. The highest BCUT2D eigenvalue weighted by Gasteiger charge is 2.38. The lowest BCUT2D eigenvalue weighted by atomic mass is 10.1. The van der Waals surface area contributed by atoms with Crippen LogP contribution >= 0.6 is 0 Å². The van der Waals surface area contributed by atoms with Crippen molar-refractivity contribution in [2.75, 3.05) is 32.7 Å². The van der Waals surface area contributed by atoms with E-state index in [-0.39, 0.29) is 12.6 Å². The molecule has 0 aliphatic carbocycles. The zero-order valence-corrected chi connectivity index (χ0v) is 14.3. The second-order valence-corrected chi connectivity index (χ2v) is 6.14. The summed E-state index contributed by atoms with van der Waals surface area (Å²) in [5, 5.41) is 0. The number of ether oxygens (including phenoxy) is 1. The standard InChI is InChI=1S/C17H22N4O4/c1-2-19-10-11-21(16(23)15(19)22)17(24)20-9-3-4-14(12-20)25-13-5-7-18-8-6-13/h5-8,14H,2-4,9-12H2,1H3. The van der Waals surface area contributed by atoms with Crippen LogP contribution in [0.1, 0.15) is 19.8 Å². The number of nitrogens with zero attached hydrogens (tertiary/aromatic N) is 4. The number of hydrogen-bond donors (Lipinski definition) is 0. The summed E-state index contributed by atoms with van der Waals surface area (Å²) >= 11 is 0. The molecule has 0 spiro atoms. The fourth-order valence-electron chi connectivity index (χ4n) is 3.15. The fourth-order valence-corrected chi connectivity index (χ4v) is 3.15. The summed E-state index contributed by atoms with van der Waals surface area (Å²) in [6, 6.07) is 3.14. The molecule has 2 fully saturated rings. The number of piperazine rings is 1. The van der Waals surface area contributed by atoms with Crippen molar-refractivity contribution in [2.45, 2.75) is 25.9 Å². The van der Waals surface area contributed by atoms with Gasteiger partial charge in [0.1, 0.15) is 11.9 Å². The van der Waals surface area contributed by atoms with Crippen LogP contribution in [0.15, 0.2) is 24.5 Å². The minimum atomic E-state index is -0.740. The van der Waals surface area contributed by atoms with Crippen molar-refractivity contribution in [1.82, 2.24) is 19.7 Å². The van der Waals surface area contributed by atoms with E-state index < -0.39 is 17.8 Å². The van der Waals surface area contributed by atoms with Gasteiger partial charge >= 0.3 is 17.8 Å². The first kappa shape index (κ1) is 17.2. The maximum absolute atomic E-state index is 12.7. The van der Waals surface area contributed by atoms with E-state index in [2.05, 4.69) is 4.98 Å². The van der Waals surface area contributed by atoms with Crippen LogP contribution in [0.5, 0.6) is 5.75 Å². The molecule has 1 atom stereocenters. The average Bonchev–Trinajstić information content (AvgIpc) is 2.64. The van der Waals surface area contributed by atoms with Gasteiger partial charge in [0.25, 0.3) is 0 Å². The normalized spacial score (nSPS) is 21.5. The van der Waals surface area contributed by atoms with Gasteiger partial charge in [-0.15, -0.1) is 0 Å². The van der Waals surface area contributed by atoms with Gasteiger partial charge in [0.05, 0.1) is 6.54 Å². The van der Waals surface area contributed by atoms with E-state index in [1.807, 2.05) is 6.92 Å². The zero-order chi connectivity index (χ0) is 17.8. The number of hydrogen-bond acceptors (Lipinski definition) is 5. The van der Waals surface area contributed by atoms with E-state index in [0.717, 1.165) is 17.7 Å². The predicted molar refractivity (Wildman–Crippen MR) is 88.8 cm³/mol. The number of carbonyl (C=O) groups is 3. The van der Waals surface area contributed by atoms with E-state index in [1.54, 1.807) is 29.4 Å². The SMILES string of the molecule is CCN1CCN(C(=O)N2CCCC(Oc3ccncc3)C2)C(=O)C1=O. The molecule has 4 amide bonds. The number of amides is 4. The van der Waals surface area contributed by atoms with E-state index in [0.29, 0.717) is 31.9 Å². The second-order valence-electron chi connectivity index (χ2n) is 6.14. The molecule has 0 aromatic carbocycles. The van der Waals surface area contributed by atoms with Crippen LogP contribution in [0, 0.1) is 0 Å². The summed E-state index contributed by atoms with van der Waals surface area (Å²) in [6.45, 7) is 3.87. The molecule has 3 heterocycles. The van der Waals surface area contributed by atoms with Crippen LogP contribution in [-0.4, -0.2) is 76.4 Å². The van der Waals surface area contributed by atoms with Crippen LogP contribution in [0.25, 0.3) is 0 Å². The highest BCUT2D eigenvalue weighted by Crippen LogP contribution is 2.19. The molecule has 2 aliphatic rings. The monoisotopic (exact) mass is 346 g/mol. The number of likely N-dealkylation sites (N-methyl/N-ethyl adjacent to an activating group) is 1. The van der Waals surface area contributed by atoms with Gasteiger partial charge < -0.3 is 14.5 Å². The van der Waals surface area contributed by atoms with Crippen LogP contribution in [-0.2, 0) is 9.59 Å². The number of aromatic nitrogens is 1. The number of imide groups is 1. The lowest BCUT2D eigenvalue weighted by molar-refractivity contribution is -0.154. The van der Waals surface area contributed by atoms with Crippen LogP contribution in [0.3, 0.4) is 0 Å². The third kappa shape index (κ3) is 3.72. The van der Waals surface area contributed by atoms with Gasteiger partial charge in [0.15, 0.2) is 0 Å². The number of urea groups is 1. The lowest BCUT2D eigenvalue weighted by Gasteiger charge is -2.38. The molecule has 0 bridgehead atoms. The van der Waals surface area contributed by atoms with Crippen molar-refractivity contribution < 1.29 is 19.1 Å². The molecular formula is C17H22N4O4. The Balaban J connectivity index is 1.62. The summed E-state index contributed by atoms with van der Waals surface area (Å²) in [5.74, 6) is -0.643. The first-order valence-corrected chi connectivity index (χ1v) is 8.56. The Morgan fingerprint density at radius 2 is 1.96 bits per heavy atom. The summed E-state index contributed by atoms with van der Waals surface area (Å²) in [6.07, 6.45) is 4.79. The molecule has 1 unspecified atom stereocenters. The lowest BCUT2D eigenvalue weighted by Crippen LogP contribution is -2.60. The van der Waals surface area contributed by atoms with Crippen molar-refractivity contribution in [1.29, 1.82) is 0 Å². The Morgan fingerprint density at radius 1 is 1.20 bits per heavy atom. The topological polar surface area (TPSA) is 83.0 Å². The summed E-state index contributed by atoms with van der Waals surface area (Å²) < 4.78 is 5.89. The fraction of sp³-hybridized carbons (Fsp3) is 0.529. The van der Waals surface area contributed by atoms with E-state index in [9.17, 15) is 14.4 Å². The van der Waals surface area contributed by atoms with Gasteiger partial charge in [-0.3, -0.25) is 19.5 Å². The maximum Gasteiger partial charge on any atom is 0.327 e. The number of pyridine rings is 1. The van der Waals surface area contributed by atoms with Gasteiger partial charge in [-0.2, -0.15) is 0 Å². The molecule has 2 aliphatic heterocycles. The number of carbonyl (C=O) groups excluding carboxylic acids is 3. The molecule has 0 N–H and O–H groups in total. The number of rotatable bonds is 3. The molecular weight excluding hydrogens is 324 g/mol. The second kappa shape index (κ2) is 7.50. The first-order chi connectivity index (χ1) is 12.1. The van der Waals surface area contributed by atoms with Crippen LogP contribution in [0.4, 0.5) is 4.79 Å². The van der Waals surface area contributed by atoms with Gasteiger partial charge in [0.2, 0.25) is 0 Å². The first-order valence-electron chi connectivity index (χ1n) is 8.56. The molecule has 25 heavy (non-hydrogen) atoms. The van der Waals surface area contributed by atoms with Crippen molar-refractivity contribution >= 4 is 17.8 Å². The highest BCUT2D eigenvalue weighted by atomic mass is 16.5. The minimum absolute atomic E-state index is 0.136. The van der Waals surface area contributed by atoms with E-state index in [4.69, 9.17) is 4.74 Å². The molecule has 134 valence electrons. The van der Waals surface area contributed by atoms with Crippen LogP contribution < -0.4 is 4.74 Å². The van der Waals surface area contributed by atoms with Gasteiger partial charge in [0, 0.05) is 38.6 Å². The Bertz CT molecular complexity index is 651. The van der Waals surface area contributed by atoms with Crippen molar-refractivity contribution in [2.24, 2.45) is 0 Å². The summed E-state index contributed by atoms with van der Waals surface area (Å²) in [4.78, 5) is 45.0. The van der Waals surface area contributed by atoms with Crippen molar-refractivity contribution in [3.63, 3.8) is 0 Å². The van der Waals surface area contributed by atoms with E-state index >= 15 is 0 Å². The Hall–Kier alpha value is -2.64. The third-order valence-electron chi connectivity index (χ3n) is 4.52. The highest BCUT2D eigenvalue weighted by molar-refractivity contribution is 6.38. The molecule has 3 rings (SSSR count). The number of likely N-dealkylation sites (tertiary alicyclic amines) is 1. The summed E-state index contributed by atoms with van der Waals surface area (Å²) in [5.41, 5.74) is 0. The Kier molecular flexibility index (Phi) is 5.16. The molecule has 8 heteroatoms. The summed E-state index contributed by atoms with van der Waals surface area (Å²) in [7, 11) is 0. The molecule has 1 aromatic heterocycles. The molecule has 0 saturated carbocycles. The quantitative estimate of drug-likeness (QED) is 0.754. The van der Waals surface area contributed by atoms with Gasteiger partial charge in [-0.1, -0.05) is 0 Å². The Morgan fingerprint density at radius 3 is 2.68 bits per heavy atom. The molecule has 2 saturated heterocycles. The Labute approximate surface area is 146 Å². The van der Waals surface area contributed by atoms with Crippen LogP contribution in [0.2, 0.25) is 0 Å². The zero-order valence-electron chi connectivity index (χ0n) is 14.3. The largest absolute Gasteiger partial charge is 0.488 e. The molecule has 8 nitrogen and oxygen atoms in total. The number of piperidine rings is 1. The maximum atomic E-state index is 12.7. The van der Waals surface area contributed by atoms with E-state index in [1.165, 1.54) is 4.90 Å². The van der Waals surface area contributed by atoms with Crippen molar-refractivity contribution in [3.8, 4) is 5.75 Å². The van der Waals surface area contributed by atoms with Gasteiger partial charge in [-0.05, 0) is 31.9 Å². The molecule has 1 aromatic rings.